The maximum atomic E-state index is 8.85. The van der Waals surface area contributed by atoms with Crippen LogP contribution in [0.1, 0.15) is 87.0 Å². The highest BCUT2D eigenvalue weighted by molar-refractivity contribution is 5.01. The quantitative estimate of drug-likeness (QED) is 0.541. The molecule has 0 amide bonds. The van der Waals surface area contributed by atoms with E-state index in [1.54, 1.807) is 0 Å². The van der Waals surface area contributed by atoms with Crippen LogP contribution in [-0.4, -0.2) is 0 Å². The molecule has 2 aliphatic rings. The van der Waals surface area contributed by atoms with Crippen LogP contribution in [0.5, 0.6) is 0 Å². The number of nitrogens with zero attached hydrogens (tertiary/aromatic N) is 1. The molecule has 0 bridgehead atoms. The lowest BCUT2D eigenvalue weighted by atomic mass is 9.61. The molecule has 0 aromatic rings. The van der Waals surface area contributed by atoms with Gasteiger partial charge < -0.3 is 0 Å². The minimum absolute atomic E-state index is 0.507. The Labute approximate surface area is 128 Å². The Kier molecular flexibility index (Phi) is 9.19. The molecule has 0 radical (unpaired) electrons. The van der Waals surface area contributed by atoms with Crippen LogP contribution in [0, 0.1) is 40.4 Å². The van der Waals surface area contributed by atoms with Crippen molar-refractivity contribution in [3.63, 3.8) is 0 Å². The van der Waals surface area contributed by atoms with Crippen LogP contribution in [-0.2, 0) is 0 Å². The van der Waals surface area contributed by atoms with Crippen LogP contribution in [0.15, 0.2) is 0 Å². The van der Waals surface area contributed by atoms with Gasteiger partial charge in [0.1, 0.15) is 0 Å². The maximum absolute atomic E-state index is 8.85. The van der Waals surface area contributed by atoms with E-state index in [1.165, 1.54) is 32.1 Å². The van der Waals surface area contributed by atoms with E-state index >= 15 is 0 Å². The number of fused-ring (bicyclic) bond motifs is 1. The molecule has 1 nitrogen and oxygen atoms in total. The third kappa shape index (κ3) is 5.12. The lowest BCUT2D eigenvalue weighted by molar-refractivity contribution is 0.0607. The number of hydrogen-bond acceptors (Lipinski definition) is 1. The standard InChI is InChI=1S/C13H21N.C4H10.C2H6/c1-10-4-3-8-13(2)11(7-9-14)5-6-12(10)13;1-4(2)3;1-2/h10-12H,3-8H2,1-2H3;4H,1-3H3;1-2H3. The summed E-state index contributed by atoms with van der Waals surface area (Å²) in [5.74, 6) is 3.34. The van der Waals surface area contributed by atoms with Crippen LogP contribution in [0.4, 0.5) is 0 Å². The molecule has 2 saturated carbocycles. The van der Waals surface area contributed by atoms with Crippen molar-refractivity contribution in [2.45, 2.75) is 87.0 Å². The van der Waals surface area contributed by atoms with Crippen molar-refractivity contribution in [2.24, 2.45) is 29.1 Å². The SMILES string of the molecule is CC.CC(C)C.CC1CCCC2(C)C(CC#N)CCC12. The first-order chi connectivity index (χ1) is 9.41. The number of nitriles is 1. The fraction of sp³-hybridized carbons (Fsp3) is 0.947. The van der Waals surface area contributed by atoms with Crippen LogP contribution >= 0.6 is 0 Å². The molecule has 118 valence electrons. The normalized spacial score (nSPS) is 35.0. The third-order valence-electron chi connectivity index (χ3n) is 5.01. The molecule has 0 spiro atoms. The van der Waals surface area contributed by atoms with Gasteiger partial charge in [0.15, 0.2) is 0 Å². The Hall–Kier alpha value is -0.510. The van der Waals surface area contributed by atoms with Gasteiger partial charge in [-0.05, 0) is 48.3 Å². The molecule has 0 aromatic heterocycles. The van der Waals surface area contributed by atoms with E-state index in [9.17, 15) is 0 Å². The van der Waals surface area contributed by atoms with Crippen molar-refractivity contribution in [1.82, 2.24) is 0 Å². The van der Waals surface area contributed by atoms with E-state index in [1.807, 2.05) is 13.8 Å². The van der Waals surface area contributed by atoms with Gasteiger partial charge in [0.05, 0.1) is 6.07 Å². The lowest BCUT2D eigenvalue weighted by Crippen LogP contribution is -2.35. The molecule has 2 fully saturated rings. The second-order valence-electron chi connectivity index (χ2n) is 7.35. The zero-order chi connectivity index (χ0) is 15.8. The van der Waals surface area contributed by atoms with Crippen molar-refractivity contribution in [1.29, 1.82) is 5.26 Å². The predicted octanol–water partition coefficient (Wildman–Crippen LogP) is 6.44. The fourth-order valence-corrected chi connectivity index (χ4v) is 4.12. The maximum Gasteiger partial charge on any atom is 0.0624 e. The highest BCUT2D eigenvalue weighted by Gasteiger charge is 2.49. The summed E-state index contributed by atoms with van der Waals surface area (Å²) in [6, 6.07) is 2.38. The molecule has 0 heterocycles. The molecule has 20 heavy (non-hydrogen) atoms. The minimum atomic E-state index is 0.507. The van der Waals surface area contributed by atoms with Crippen molar-refractivity contribution >= 4 is 0 Å². The Morgan fingerprint density at radius 2 is 1.70 bits per heavy atom. The molecule has 2 aliphatic carbocycles. The van der Waals surface area contributed by atoms with E-state index in [0.717, 1.165) is 24.2 Å². The van der Waals surface area contributed by atoms with Crippen molar-refractivity contribution in [3.8, 4) is 6.07 Å². The van der Waals surface area contributed by atoms with Gasteiger partial charge in [0.2, 0.25) is 0 Å². The first kappa shape index (κ1) is 19.5. The minimum Gasteiger partial charge on any atom is -0.198 e. The van der Waals surface area contributed by atoms with Gasteiger partial charge in [-0.2, -0.15) is 5.26 Å². The van der Waals surface area contributed by atoms with Crippen LogP contribution in [0.3, 0.4) is 0 Å². The van der Waals surface area contributed by atoms with Crippen molar-refractivity contribution in [3.05, 3.63) is 0 Å². The van der Waals surface area contributed by atoms with Crippen LogP contribution < -0.4 is 0 Å². The molecule has 0 saturated heterocycles. The average molecular weight is 280 g/mol. The van der Waals surface area contributed by atoms with Gasteiger partial charge in [-0.3, -0.25) is 0 Å². The monoisotopic (exact) mass is 279 g/mol. The van der Waals surface area contributed by atoms with E-state index in [2.05, 4.69) is 40.7 Å². The summed E-state index contributed by atoms with van der Waals surface area (Å²) >= 11 is 0. The highest BCUT2D eigenvalue weighted by Crippen LogP contribution is 2.58. The first-order valence-electron chi connectivity index (χ1n) is 8.78. The summed E-state index contributed by atoms with van der Waals surface area (Å²) in [6.45, 7) is 15.4. The van der Waals surface area contributed by atoms with Gasteiger partial charge in [0.25, 0.3) is 0 Å². The summed E-state index contributed by atoms with van der Waals surface area (Å²) in [5.41, 5.74) is 0.507. The second-order valence-corrected chi connectivity index (χ2v) is 7.35. The van der Waals surface area contributed by atoms with E-state index in [-0.39, 0.29) is 0 Å². The van der Waals surface area contributed by atoms with Crippen LogP contribution in [0.25, 0.3) is 0 Å². The zero-order valence-electron chi connectivity index (χ0n) is 15.0. The summed E-state index contributed by atoms with van der Waals surface area (Å²) < 4.78 is 0. The Balaban J connectivity index is 0.000000521. The Morgan fingerprint density at radius 3 is 2.20 bits per heavy atom. The fourth-order valence-electron chi connectivity index (χ4n) is 4.12. The molecular weight excluding hydrogens is 242 g/mol. The van der Waals surface area contributed by atoms with Crippen molar-refractivity contribution in [2.75, 3.05) is 0 Å². The van der Waals surface area contributed by atoms with Gasteiger partial charge in [0, 0.05) is 6.42 Å². The average Bonchev–Trinajstić information content (AvgIpc) is 2.71. The smallest absolute Gasteiger partial charge is 0.0624 e. The molecule has 1 heteroatoms. The Morgan fingerprint density at radius 1 is 1.15 bits per heavy atom. The van der Waals surface area contributed by atoms with Gasteiger partial charge in [-0.15, -0.1) is 0 Å². The summed E-state index contributed by atoms with van der Waals surface area (Å²) in [5, 5.41) is 8.85. The molecule has 0 N–H and O–H groups in total. The Bertz CT molecular complexity index is 286. The molecule has 0 aromatic carbocycles. The zero-order valence-corrected chi connectivity index (χ0v) is 15.0. The second kappa shape index (κ2) is 9.43. The molecule has 0 aliphatic heterocycles. The molecular formula is C19H37N. The predicted molar refractivity (Wildman–Crippen MR) is 89.4 cm³/mol. The molecule has 4 unspecified atom stereocenters. The van der Waals surface area contributed by atoms with Gasteiger partial charge >= 0.3 is 0 Å². The third-order valence-corrected chi connectivity index (χ3v) is 5.01. The van der Waals surface area contributed by atoms with Crippen LogP contribution in [0.2, 0.25) is 0 Å². The number of hydrogen-bond donors (Lipinski definition) is 0. The highest BCUT2D eigenvalue weighted by atomic mass is 14.5. The summed E-state index contributed by atoms with van der Waals surface area (Å²) in [4.78, 5) is 0. The summed E-state index contributed by atoms with van der Waals surface area (Å²) in [6.07, 6.45) is 7.65. The summed E-state index contributed by atoms with van der Waals surface area (Å²) in [7, 11) is 0. The topological polar surface area (TPSA) is 23.8 Å². The van der Waals surface area contributed by atoms with Gasteiger partial charge in [-0.1, -0.05) is 61.3 Å². The van der Waals surface area contributed by atoms with E-state index < -0.39 is 0 Å². The largest absolute Gasteiger partial charge is 0.198 e. The first-order valence-corrected chi connectivity index (χ1v) is 8.78. The molecule has 4 atom stereocenters. The molecule has 2 rings (SSSR count). The lowest BCUT2D eigenvalue weighted by Gasteiger charge is -2.43. The van der Waals surface area contributed by atoms with Gasteiger partial charge in [-0.25, -0.2) is 0 Å². The van der Waals surface area contributed by atoms with E-state index in [0.29, 0.717) is 11.3 Å². The van der Waals surface area contributed by atoms with E-state index in [4.69, 9.17) is 5.26 Å². The van der Waals surface area contributed by atoms with Crippen molar-refractivity contribution < 1.29 is 0 Å². The number of rotatable bonds is 1.